The van der Waals surface area contributed by atoms with Crippen LogP contribution in [0.25, 0.3) is 21.5 Å². The number of hydrogen-bond acceptors (Lipinski definition) is 9. The number of nitrogens with one attached hydrogen (secondary N) is 2. The molecule has 2 N–H and O–H groups in total. The van der Waals surface area contributed by atoms with E-state index < -0.39 is 66.3 Å². The van der Waals surface area contributed by atoms with E-state index >= 15 is 0 Å². The number of carbonyl (C=O) groups is 3. The van der Waals surface area contributed by atoms with E-state index in [4.69, 9.17) is 9.47 Å². The Kier molecular flexibility index (Phi) is 6.72. The highest BCUT2D eigenvalue weighted by atomic mass is 16.6. The van der Waals surface area contributed by atoms with Crippen molar-refractivity contribution in [3.05, 3.63) is 89.9 Å². The van der Waals surface area contributed by atoms with E-state index in [1.807, 2.05) is 0 Å². The number of H-pyrrole nitrogens is 2. The number of carbonyl (C=O) groups excluding carboxylic acids is 3. The fourth-order valence-corrected chi connectivity index (χ4v) is 3.43. The lowest BCUT2D eigenvalue weighted by Gasteiger charge is -2.09. The molecule has 0 spiro atoms. The van der Waals surface area contributed by atoms with Gasteiger partial charge in [0.2, 0.25) is 5.78 Å². The second-order valence-electron chi connectivity index (χ2n) is 7.62. The van der Waals surface area contributed by atoms with Crippen LogP contribution in [0.15, 0.2) is 67.7 Å². The van der Waals surface area contributed by atoms with Crippen LogP contribution >= 0.6 is 0 Å². The van der Waals surface area contributed by atoms with Gasteiger partial charge in [0, 0.05) is 0 Å². The van der Waals surface area contributed by atoms with E-state index in [0.29, 0.717) is 0 Å². The van der Waals surface area contributed by atoms with Crippen LogP contribution in [0.1, 0.15) is 0 Å². The second-order valence-corrected chi connectivity index (χ2v) is 7.62. The first-order valence-corrected chi connectivity index (χ1v) is 10.5. The van der Waals surface area contributed by atoms with Gasteiger partial charge in [-0.15, -0.1) is 0 Å². The van der Waals surface area contributed by atoms with E-state index in [2.05, 4.69) is 10.2 Å². The predicted octanol–water partition coefficient (Wildman–Crippen LogP) is -0.951. The molecule has 0 unspecified atom stereocenters. The first-order valence-electron chi connectivity index (χ1n) is 10.5. The Labute approximate surface area is 199 Å². The van der Waals surface area contributed by atoms with Gasteiger partial charge in [0.1, 0.15) is 13.1 Å². The average Bonchev–Trinajstić information content (AvgIpc) is 2.87. The lowest BCUT2D eigenvalue weighted by atomic mass is 10.2. The molecule has 4 rings (SSSR count). The van der Waals surface area contributed by atoms with Crippen LogP contribution < -0.4 is 22.2 Å². The summed E-state index contributed by atoms with van der Waals surface area (Å²) in [4.78, 5) is 85.0. The number of ether oxygens (including phenoxy) is 2. The maximum absolute atomic E-state index is 12.4. The van der Waals surface area contributed by atoms with E-state index in [1.54, 1.807) is 24.3 Å². The summed E-state index contributed by atoms with van der Waals surface area (Å²) < 4.78 is 11.1. The fraction of sp³-hybridized carbons (Fsp3) is 0.174. The third-order valence-electron chi connectivity index (χ3n) is 5.13. The van der Waals surface area contributed by atoms with Crippen LogP contribution in [-0.2, 0) is 36.9 Å². The van der Waals surface area contributed by atoms with Crippen molar-refractivity contribution < 1.29 is 23.9 Å². The van der Waals surface area contributed by atoms with Crippen molar-refractivity contribution in [2.75, 3.05) is 13.2 Å². The first kappa shape index (κ1) is 24.1. The molecule has 4 aromatic rings. The summed E-state index contributed by atoms with van der Waals surface area (Å²) in [6.45, 7) is -2.81. The van der Waals surface area contributed by atoms with Crippen LogP contribution in [0.4, 0.5) is 0 Å². The zero-order chi connectivity index (χ0) is 25.8. The number of Topliss-reactive ketones (excluding diaryl/α,β-unsaturated/α-hetero) is 1. The van der Waals surface area contributed by atoms with Gasteiger partial charge in [0.05, 0.1) is 21.5 Å². The van der Waals surface area contributed by atoms with Crippen molar-refractivity contribution in [1.82, 2.24) is 19.6 Å². The van der Waals surface area contributed by atoms with Crippen molar-refractivity contribution in [1.29, 1.82) is 0 Å². The van der Waals surface area contributed by atoms with Crippen molar-refractivity contribution in [3.8, 4) is 0 Å². The highest BCUT2D eigenvalue weighted by Gasteiger charge is 2.15. The van der Waals surface area contributed by atoms with E-state index in [9.17, 15) is 33.6 Å². The summed E-state index contributed by atoms with van der Waals surface area (Å²) >= 11 is 0. The normalized spacial score (nSPS) is 10.9. The molecule has 0 atom stereocenters. The minimum Gasteiger partial charge on any atom is -0.456 e. The maximum Gasteiger partial charge on any atom is 0.328 e. The number of ketones is 1. The van der Waals surface area contributed by atoms with Gasteiger partial charge in [-0.1, -0.05) is 24.3 Å². The van der Waals surface area contributed by atoms with Crippen molar-refractivity contribution in [3.63, 3.8) is 0 Å². The van der Waals surface area contributed by atoms with Gasteiger partial charge in [-0.2, -0.15) is 0 Å². The third kappa shape index (κ3) is 5.04. The molecule has 0 aliphatic rings. The number of benzene rings is 2. The van der Waals surface area contributed by atoms with Gasteiger partial charge in [0.15, 0.2) is 13.2 Å². The first-order chi connectivity index (χ1) is 17.2. The van der Waals surface area contributed by atoms with Gasteiger partial charge in [-0.3, -0.25) is 43.8 Å². The van der Waals surface area contributed by atoms with E-state index in [1.165, 1.54) is 24.3 Å². The van der Waals surface area contributed by atoms with Crippen LogP contribution in [-0.4, -0.2) is 50.5 Å². The molecule has 0 saturated carbocycles. The third-order valence-corrected chi connectivity index (χ3v) is 5.13. The molecule has 2 aromatic carbocycles. The van der Waals surface area contributed by atoms with Crippen LogP contribution in [0.2, 0.25) is 0 Å². The Hall–Kier alpha value is -5.07. The number of fused-ring (bicyclic) bond motifs is 2. The minimum absolute atomic E-state index is 0.115. The quantitative estimate of drug-likeness (QED) is 0.292. The van der Waals surface area contributed by atoms with Gasteiger partial charge in [-0.25, -0.2) is 9.36 Å². The van der Waals surface area contributed by atoms with Crippen molar-refractivity contribution in [2.24, 2.45) is 0 Å². The number of rotatable bonds is 8. The summed E-state index contributed by atoms with van der Waals surface area (Å²) in [5.41, 5.74) is -2.39. The zero-order valence-corrected chi connectivity index (χ0v) is 18.5. The van der Waals surface area contributed by atoms with Gasteiger partial charge in [-0.05, 0) is 24.3 Å². The molecule has 2 aromatic heterocycles. The zero-order valence-electron chi connectivity index (χ0n) is 18.5. The van der Waals surface area contributed by atoms with Crippen LogP contribution in [0, 0.1) is 0 Å². The SMILES string of the molecule is O=C(COC(=O)Cn1[nH]c(=O)c2ccccc2c1=O)COC(=O)Cn1[nH]c(=O)c2ccccc2c1=O. The summed E-state index contributed by atoms with van der Waals surface area (Å²) in [5.74, 6) is -2.75. The maximum atomic E-state index is 12.4. The summed E-state index contributed by atoms with van der Waals surface area (Å²) in [5, 5.41) is 5.08. The lowest BCUT2D eigenvalue weighted by molar-refractivity contribution is -0.153. The van der Waals surface area contributed by atoms with E-state index in [0.717, 1.165) is 9.36 Å². The molecule has 36 heavy (non-hydrogen) atoms. The van der Waals surface area contributed by atoms with Gasteiger partial charge >= 0.3 is 11.9 Å². The molecule has 0 saturated heterocycles. The average molecular weight is 494 g/mol. The fourth-order valence-electron chi connectivity index (χ4n) is 3.43. The molecule has 2 heterocycles. The Morgan fingerprint density at radius 1 is 0.611 bits per heavy atom. The summed E-state index contributed by atoms with van der Waals surface area (Å²) in [6, 6.07) is 12.1. The van der Waals surface area contributed by atoms with Crippen LogP contribution in [0.5, 0.6) is 0 Å². The summed E-state index contributed by atoms with van der Waals surface area (Å²) in [6.07, 6.45) is 0. The van der Waals surface area contributed by atoms with E-state index in [-0.39, 0.29) is 21.5 Å². The molecule has 184 valence electrons. The molecule has 13 nitrogen and oxygen atoms in total. The Bertz CT molecular complexity index is 1620. The van der Waals surface area contributed by atoms with Gasteiger partial charge < -0.3 is 9.47 Å². The van der Waals surface area contributed by atoms with Crippen molar-refractivity contribution >= 4 is 39.3 Å². The largest absolute Gasteiger partial charge is 0.456 e. The molecule has 0 bridgehead atoms. The molecule has 13 heteroatoms. The van der Waals surface area contributed by atoms with Gasteiger partial charge in [0.25, 0.3) is 22.2 Å². The number of esters is 2. The van der Waals surface area contributed by atoms with Crippen LogP contribution in [0.3, 0.4) is 0 Å². The summed E-state index contributed by atoms with van der Waals surface area (Å²) in [7, 11) is 0. The molecule has 0 radical (unpaired) electrons. The Balaban J connectivity index is 1.30. The lowest BCUT2D eigenvalue weighted by Crippen LogP contribution is -2.34. The number of aromatic amines is 2. The number of aromatic nitrogens is 4. The molecule has 0 fully saturated rings. The number of nitrogens with zero attached hydrogens (tertiary/aromatic N) is 2. The topological polar surface area (TPSA) is 179 Å². The highest BCUT2D eigenvalue weighted by molar-refractivity contribution is 5.85. The smallest absolute Gasteiger partial charge is 0.328 e. The highest BCUT2D eigenvalue weighted by Crippen LogP contribution is 2.03. The van der Waals surface area contributed by atoms with Crippen molar-refractivity contribution in [2.45, 2.75) is 13.1 Å². The number of hydrogen-bond donors (Lipinski definition) is 2. The standard InChI is InChI=1S/C23H18N4O9/c28-13(11-35-18(29)9-26-22(33)16-7-3-1-5-14(16)20(31)24-26)12-36-19(30)10-27-23(34)17-8-4-2-6-15(17)21(32)25-27/h1-8H,9-12H2,(H,24,31)(H,25,32). The second kappa shape index (κ2) is 10.0. The predicted molar refractivity (Wildman–Crippen MR) is 125 cm³/mol. The molecule has 0 aliphatic heterocycles. The molecular weight excluding hydrogens is 476 g/mol. The Morgan fingerprint density at radius 3 is 1.36 bits per heavy atom. The monoisotopic (exact) mass is 494 g/mol. The Morgan fingerprint density at radius 2 is 0.972 bits per heavy atom. The minimum atomic E-state index is -0.983. The molecular formula is C23H18N4O9. The molecule has 0 aliphatic carbocycles. The molecule has 0 amide bonds.